The van der Waals surface area contributed by atoms with Gasteiger partial charge in [0, 0.05) is 50.5 Å². The summed E-state index contributed by atoms with van der Waals surface area (Å²) in [5.74, 6) is 0.275. The van der Waals surface area contributed by atoms with Gasteiger partial charge in [0.25, 0.3) is 0 Å². The molecule has 0 atom stereocenters. The topological polar surface area (TPSA) is 43.9 Å². The molecule has 0 unspecified atom stereocenters. The van der Waals surface area contributed by atoms with E-state index in [1.807, 2.05) is 54.3 Å². The fourth-order valence-electron chi connectivity index (χ4n) is 3.54. The van der Waals surface area contributed by atoms with Gasteiger partial charge in [-0.05, 0) is 43.7 Å². The summed E-state index contributed by atoms with van der Waals surface area (Å²) in [6.45, 7) is 8.97. The second kappa shape index (κ2) is 9.51. The summed E-state index contributed by atoms with van der Waals surface area (Å²) in [5, 5.41) is 0. The van der Waals surface area contributed by atoms with Crippen molar-refractivity contribution in [2.24, 2.45) is 0 Å². The van der Waals surface area contributed by atoms with Crippen LogP contribution in [-0.4, -0.2) is 60.8 Å². The Bertz CT molecular complexity index is 781. The zero-order valence-corrected chi connectivity index (χ0v) is 16.8. The number of benzene rings is 2. The highest BCUT2D eigenvalue weighted by Gasteiger charge is 2.21. The second-order valence-corrected chi connectivity index (χ2v) is 7.26. The SMILES string of the molecule is CCN(Cc1ccccc1)C(=O)CN1CCN(c2ccc(C(C)=O)cc2)CC1. The predicted molar refractivity (Wildman–Crippen MR) is 113 cm³/mol. The van der Waals surface area contributed by atoms with Crippen molar-refractivity contribution in [1.29, 1.82) is 0 Å². The fraction of sp³-hybridized carbons (Fsp3) is 0.391. The molecule has 148 valence electrons. The lowest BCUT2D eigenvalue weighted by molar-refractivity contribution is -0.132. The predicted octanol–water partition coefficient (Wildman–Crippen LogP) is 3.06. The molecule has 1 aliphatic heterocycles. The van der Waals surface area contributed by atoms with Crippen LogP contribution >= 0.6 is 0 Å². The van der Waals surface area contributed by atoms with Crippen LogP contribution < -0.4 is 4.90 Å². The summed E-state index contributed by atoms with van der Waals surface area (Å²) >= 11 is 0. The molecular formula is C23H29N3O2. The zero-order valence-electron chi connectivity index (χ0n) is 16.8. The Hall–Kier alpha value is -2.66. The highest BCUT2D eigenvalue weighted by molar-refractivity contribution is 5.94. The molecule has 1 saturated heterocycles. The molecule has 28 heavy (non-hydrogen) atoms. The summed E-state index contributed by atoms with van der Waals surface area (Å²) < 4.78 is 0. The van der Waals surface area contributed by atoms with Crippen molar-refractivity contribution < 1.29 is 9.59 Å². The molecule has 0 saturated carbocycles. The van der Waals surface area contributed by atoms with Crippen LogP contribution in [0.4, 0.5) is 5.69 Å². The third-order valence-electron chi connectivity index (χ3n) is 5.32. The van der Waals surface area contributed by atoms with Gasteiger partial charge in [0.15, 0.2) is 5.78 Å². The van der Waals surface area contributed by atoms with Crippen LogP contribution in [0.3, 0.4) is 0 Å². The van der Waals surface area contributed by atoms with Crippen LogP contribution in [0.1, 0.15) is 29.8 Å². The molecule has 5 heteroatoms. The number of Topliss-reactive ketones (excluding diaryl/α,β-unsaturated/α-hetero) is 1. The van der Waals surface area contributed by atoms with Gasteiger partial charge in [0.05, 0.1) is 6.54 Å². The van der Waals surface area contributed by atoms with Crippen molar-refractivity contribution in [2.45, 2.75) is 20.4 Å². The first-order chi connectivity index (χ1) is 13.6. The molecular weight excluding hydrogens is 350 g/mol. The van der Waals surface area contributed by atoms with Crippen molar-refractivity contribution in [1.82, 2.24) is 9.80 Å². The van der Waals surface area contributed by atoms with E-state index in [4.69, 9.17) is 0 Å². The Morgan fingerprint density at radius 2 is 1.57 bits per heavy atom. The zero-order chi connectivity index (χ0) is 19.9. The fourth-order valence-corrected chi connectivity index (χ4v) is 3.54. The molecule has 1 fully saturated rings. The molecule has 0 aliphatic carbocycles. The Balaban J connectivity index is 1.50. The quantitative estimate of drug-likeness (QED) is 0.694. The van der Waals surface area contributed by atoms with Gasteiger partial charge in [-0.15, -0.1) is 0 Å². The average Bonchev–Trinajstić information content (AvgIpc) is 2.73. The van der Waals surface area contributed by atoms with Crippen LogP contribution in [0, 0.1) is 0 Å². The van der Waals surface area contributed by atoms with Crippen molar-refractivity contribution in [3.63, 3.8) is 0 Å². The van der Waals surface area contributed by atoms with E-state index >= 15 is 0 Å². The summed E-state index contributed by atoms with van der Waals surface area (Å²) in [6.07, 6.45) is 0. The van der Waals surface area contributed by atoms with E-state index in [9.17, 15) is 9.59 Å². The van der Waals surface area contributed by atoms with Crippen molar-refractivity contribution in [2.75, 3.05) is 44.2 Å². The minimum Gasteiger partial charge on any atom is -0.369 e. The first-order valence-corrected chi connectivity index (χ1v) is 9.97. The minimum atomic E-state index is 0.0888. The monoisotopic (exact) mass is 379 g/mol. The Morgan fingerprint density at radius 3 is 2.14 bits per heavy atom. The first-order valence-electron chi connectivity index (χ1n) is 9.97. The molecule has 2 aromatic rings. The van der Waals surface area contributed by atoms with Crippen LogP contribution in [-0.2, 0) is 11.3 Å². The largest absolute Gasteiger partial charge is 0.369 e. The molecule has 0 radical (unpaired) electrons. The van der Waals surface area contributed by atoms with Gasteiger partial charge >= 0.3 is 0 Å². The number of hydrogen-bond acceptors (Lipinski definition) is 4. The first kappa shape index (κ1) is 20.1. The highest BCUT2D eigenvalue weighted by atomic mass is 16.2. The third-order valence-corrected chi connectivity index (χ3v) is 5.32. The van der Waals surface area contributed by atoms with E-state index < -0.39 is 0 Å². The number of rotatable bonds is 7. The number of ketones is 1. The summed E-state index contributed by atoms with van der Waals surface area (Å²) in [4.78, 5) is 30.6. The Morgan fingerprint density at radius 1 is 0.929 bits per heavy atom. The number of nitrogens with zero attached hydrogens (tertiary/aromatic N) is 3. The minimum absolute atomic E-state index is 0.0888. The van der Waals surface area contributed by atoms with Gasteiger partial charge in [0.2, 0.25) is 5.91 Å². The third kappa shape index (κ3) is 5.20. The molecule has 1 aliphatic rings. The number of hydrogen-bond donors (Lipinski definition) is 0. The number of carbonyl (C=O) groups excluding carboxylic acids is 2. The molecule has 0 N–H and O–H groups in total. The van der Waals surface area contributed by atoms with E-state index in [1.165, 1.54) is 0 Å². The number of piperazine rings is 1. The molecule has 0 spiro atoms. The lowest BCUT2D eigenvalue weighted by Gasteiger charge is -2.36. The van der Waals surface area contributed by atoms with Gasteiger partial charge in [-0.2, -0.15) is 0 Å². The molecule has 3 rings (SSSR count). The number of carbonyl (C=O) groups is 2. The smallest absolute Gasteiger partial charge is 0.237 e. The molecule has 1 amide bonds. The Labute approximate surface area is 167 Å². The highest BCUT2D eigenvalue weighted by Crippen LogP contribution is 2.18. The molecule has 1 heterocycles. The van der Waals surface area contributed by atoms with Gasteiger partial charge in [-0.3, -0.25) is 14.5 Å². The lowest BCUT2D eigenvalue weighted by atomic mass is 10.1. The molecule has 0 bridgehead atoms. The van der Waals surface area contributed by atoms with Crippen LogP contribution in [0.15, 0.2) is 54.6 Å². The maximum absolute atomic E-state index is 12.7. The lowest BCUT2D eigenvalue weighted by Crippen LogP contribution is -2.50. The van der Waals surface area contributed by atoms with E-state index in [-0.39, 0.29) is 11.7 Å². The van der Waals surface area contributed by atoms with Crippen LogP contribution in [0.5, 0.6) is 0 Å². The van der Waals surface area contributed by atoms with Gasteiger partial charge in [0.1, 0.15) is 0 Å². The average molecular weight is 380 g/mol. The van der Waals surface area contributed by atoms with Crippen LogP contribution in [0.25, 0.3) is 0 Å². The normalized spacial score (nSPS) is 14.7. The summed E-state index contributed by atoms with van der Waals surface area (Å²) in [5.41, 5.74) is 3.04. The van der Waals surface area contributed by atoms with E-state index in [0.717, 1.165) is 49.5 Å². The summed E-state index contributed by atoms with van der Waals surface area (Å²) in [6, 6.07) is 17.9. The second-order valence-electron chi connectivity index (χ2n) is 7.26. The van der Waals surface area contributed by atoms with Crippen molar-refractivity contribution in [3.05, 3.63) is 65.7 Å². The number of likely N-dealkylation sites (N-methyl/N-ethyl adjacent to an activating group) is 1. The van der Waals surface area contributed by atoms with Gasteiger partial charge in [-0.1, -0.05) is 30.3 Å². The van der Waals surface area contributed by atoms with Crippen LogP contribution in [0.2, 0.25) is 0 Å². The van der Waals surface area contributed by atoms with E-state index in [0.29, 0.717) is 13.1 Å². The van der Waals surface area contributed by atoms with Gasteiger partial charge in [-0.25, -0.2) is 0 Å². The van der Waals surface area contributed by atoms with Crippen molar-refractivity contribution >= 4 is 17.4 Å². The molecule has 5 nitrogen and oxygen atoms in total. The van der Waals surface area contributed by atoms with E-state index in [2.05, 4.69) is 21.9 Å². The molecule has 2 aromatic carbocycles. The van der Waals surface area contributed by atoms with Gasteiger partial charge < -0.3 is 9.80 Å². The summed E-state index contributed by atoms with van der Waals surface area (Å²) in [7, 11) is 0. The standard InChI is InChI=1S/C23H29N3O2/c1-3-25(17-20-7-5-4-6-8-20)23(28)18-24-13-15-26(16-14-24)22-11-9-21(10-12-22)19(2)27/h4-12H,3,13-18H2,1-2H3. The number of anilines is 1. The Kier molecular flexibility index (Phi) is 6.82. The number of amides is 1. The van der Waals surface area contributed by atoms with E-state index in [1.54, 1.807) is 6.92 Å². The van der Waals surface area contributed by atoms with Crippen molar-refractivity contribution in [3.8, 4) is 0 Å². The maximum atomic E-state index is 12.7. The molecule has 0 aromatic heterocycles. The maximum Gasteiger partial charge on any atom is 0.237 e.